The molecule has 2 amide bonds. The number of hydrogen-bond acceptors (Lipinski definition) is 4. The van der Waals surface area contributed by atoms with E-state index in [0.717, 1.165) is 48.2 Å². The van der Waals surface area contributed by atoms with Gasteiger partial charge in [-0.25, -0.2) is 5.06 Å². The van der Waals surface area contributed by atoms with E-state index >= 15 is 0 Å². The van der Waals surface area contributed by atoms with Crippen LogP contribution in [0.2, 0.25) is 0 Å². The van der Waals surface area contributed by atoms with Crippen molar-refractivity contribution >= 4 is 23.2 Å². The minimum Gasteiger partial charge on any atom is -0.345 e. The molecule has 0 aliphatic carbocycles. The van der Waals surface area contributed by atoms with E-state index in [9.17, 15) is 14.9 Å². The summed E-state index contributed by atoms with van der Waals surface area (Å²) in [5, 5.41) is 11.5. The van der Waals surface area contributed by atoms with Crippen LogP contribution in [0.25, 0.3) is 10.9 Å². The summed E-state index contributed by atoms with van der Waals surface area (Å²) in [5.74, 6) is -0.0708. The maximum absolute atomic E-state index is 13.2. The number of hydrogen-bond donors (Lipinski definition) is 0. The minimum absolute atomic E-state index is 0.0708. The molecule has 1 saturated heterocycles. The molecule has 7 heteroatoms. The first-order chi connectivity index (χ1) is 15.2. The van der Waals surface area contributed by atoms with Crippen molar-refractivity contribution in [1.29, 1.82) is 5.26 Å². The van der Waals surface area contributed by atoms with E-state index < -0.39 is 11.6 Å². The fourth-order valence-electron chi connectivity index (χ4n) is 4.56. The number of nitrogens with zero attached hydrogens (tertiary/aromatic N) is 4. The number of benzene rings is 1. The number of aryl methyl sites for hydroxylation is 2. The number of aromatic nitrogens is 1. The average Bonchev–Trinajstić information content (AvgIpc) is 3.37. The number of nitriles is 1. The lowest BCUT2D eigenvalue weighted by atomic mass is 10.1. The third-order valence-corrected chi connectivity index (χ3v) is 6.05. The Balaban J connectivity index is 1.72. The van der Waals surface area contributed by atoms with Crippen molar-refractivity contribution in [2.75, 3.05) is 6.54 Å². The van der Waals surface area contributed by atoms with E-state index in [1.807, 2.05) is 43.9 Å². The van der Waals surface area contributed by atoms with E-state index in [1.165, 1.54) is 5.69 Å². The van der Waals surface area contributed by atoms with Gasteiger partial charge < -0.3 is 9.47 Å². The number of rotatable bonds is 8. The second-order valence-corrected chi connectivity index (χ2v) is 9.48. The molecule has 2 aromatic rings. The highest BCUT2D eigenvalue weighted by molar-refractivity contribution is 5.84. The Kier molecular flexibility index (Phi) is 7.25. The fraction of sp³-hybridized carbons (Fsp3) is 0.560. The standard InChI is InChI=1S/C25H34N4O3/c1-6-27-22(15-20-10-9-19(16-26)14-23(20)27)12-11-21-8-7-13-28(21)24(31)18(2)29(17-30)32-25(3,4)5/h9-10,14-15,17-18,21H,6-8,11-13H2,1-5H3/t18-,21+/m1/s1. The van der Waals surface area contributed by atoms with Crippen molar-refractivity contribution < 1.29 is 14.4 Å². The van der Waals surface area contributed by atoms with Gasteiger partial charge in [0.1, 0.15) is 6.04 Å². The predicted molar refractivity (Wildman–Crippen MR) is 124 cm³/mol. The van der Waals surface area contributed by atoms with Crippen molar-refractivity contribution in [1.82, 2.24) is 14.5 Å². The number of fused-ring (bicyclic) bond motifs is 1. The molecule has 0 saturated carbocycles. The highest BCUT2D eigenvalue weighted by Gasteiger charge is 2.35. The lowest BCUT2D eigenvalue weighted by Gasteiger charge is -2.34. The zero-order chi connectivity index (χ0) is 23.5. The summed E-state index contributed by atoms with van der Waals surface area (Å²) in [6.45, 7) is 10.9. The molecule has 172 valence electrons. The number of amides is 2. The van der Waals surface area contributed by atoms with Gasteiger partial charge in [0.25, 0.3) is 0 Å². The van der Waals surface area contributed by atoms with Crippen molar-refractivity contribution in [3.05, 3.63) is 35.5 Å². The fourth-order valence-corrected chi connectivity index (χ4v) is 4.56. The Bertz CT molecular complexity index is 1010. The zero-order valence-electron chi connectivity index (χ0n) is 19.8. The molecule has 0 N–H and O–H groups in total. The molecule has 1 aliphatic rings. The molecule has 3 rings (SSSR count). The Labute approximate surface area is 190 Å². The second-order valence-electron chi connectivity index (χ2n) is 9.48. The highest BCUT2D eigenvalue weighted by atomic mass is 16.7. The summed E-state index contributed by atoms with van der Waals surface area (Å²) in [4.78, 5) is 32.3. The van der Waals surface area contributed by atoms with Crippen LogP contribution in [0.4, 0.5) is 0 Å². The molecule has 32 heavy (non-hydrogen) atoms. The molecule has 2 atom stereocenters. The lowest BCUT2D eigenvalue weighted by molar-refractivity contribution is -0.231. The summed E-state index contributed by atoms with van der Waals surface area (Å²) in [6.07, 6.45) is 4.23. The van der Waals surface area contributed by atoms with Crippen LogP contribution in [-0.4, -0.2) is 51.1 Å². The number of carbonyl (C=O) groups excluding carboxylic acids is 2. The molecule has 2 heterocycles. The second kappa shape index (κ2) is 9.74. The van der Waals surface area contributed by atoms with Gasteiger partial charge in [0.05, 0.1) is 17.2 Å². The number of hydroxylamine groups is 2. The topological polar surface area (TPSA) is 78.6 Å². The average molecular weight is 439 g/mol. The lowest BCUT2D eigenvalue weighted by Crippen LogP contribution is -2.50. The van der Waals surface area contributed by atoms with E-state index in [1.54, 1.807) is 6.92 Å². The van der Waals surface area contributed by atoms with Crippen LogP contribution in [0.15, 0.2) is 24.3 Å². The Morgan fingerprint density at radius 1 is 1.38 bits per heavy atom. The Hall–Kier alpha value is -2.85. The summed E-state index contributed by atoms with van der Waals surface area (Å²) in [6, 6.07) is 9.68. The molecular weight excluding hydrogens is 404 g/mol. The molecule has 1 aromatic heterocycles. The van der Waals surface area contributed by atoms with Gasteiger partial charge >= 0.3 is 0 Å². The molecule has 0 radical (unpaired) electrons. The molecule has 1 aliphatic heterocycles. The maximum Gasteiger partial charge on any atom is 0.247 e. The monoisotopic (exact) mass is 438 g/mol. The van der Waals surface area contributed by atoms with Crippen molar-refractivity contribution in [2.24, 2.45) is 0 Å². The number of carbonyl (C=O) groups is 2. The molecule has 1 fully saturated rings. The van der Waals surface area contributed by atoms with Crippen molar-refractivity contribution in [3.8, 4) is 6.07 Å². The quantitative estimate of drug-likeness (QED) is 0.460. The van der Waals surface area contributed by atoms with Crippen LogP contribution in [0.3, 0.4) is 0 Å². The van der Waals surface area contributed by atoms with Gasteiger partial charge in [-0.1, -0.05) is 6.07 Å². The van der Waals surface area contributed by atoms with Gasteiger partial charge in [0.2, 0.25) is 12.3 Å². The maximum atomic E-state index is 13.2. The van der Waals surface area contributed by atoms with Gasteiger partial charge in [-0.3, -0.25) is 14.4 Å². The molecule has 0 unspecified atom stereocenters. The van der Waals surface area contributed by atoms with E-state index in [4.69, 9.17) is 4.84 Å². The first-order valence-electron chi connectivity index (χ1n) is 11.4. The van der Waals surface area contributed by atoms with E-state index in [0.29, 0.717) is 18.5 Å². The van der Waals surface area contributed by atoms with E-state index in [2.05, 4.69) is 23.6 Å². The van der Waals surface area contributed by atoms with Crippen molar-refractivity contribution in [3.63, 3.8) is 0 Å². The Morgan fingerprint density at radius 3 is 2.75 bits per heavy atom. The van der Waals surface area contributed by atoms with Crippen LogP contribution < -0.4 is 0 Å². The summed E-state index contributed by atoms with van der Waals surface area (Å²) < 4.78 is 2.26. The van der Waals surface area contributed by atoms with Gasteiger partial charge in [-0.05, 0) is 83.9 Å². The third kappa shape index (κ3) is 5.13. The van der Waals surface area contributed by atoms with Gasteiger partial charge in [0.15, 0.2) is 0 Å². The van der Waals surface area contributed by atoms with Crippen molar-refractivity contribution in [2.45, 2.75) is 84.5 Å². The van der Waals surface area contributed by atoms with Gasteiger partial charge in [0, 0.05) is 30.3 Å². The normalized spacial score (nSPS) is 17.4. The molecular formula is C25H34N4O3. The molecule has 0 spiro atoms. The molecule has 0 bridgehead atoms. The predicted octanol–water partition coefficient (Wildman–Crippen LogP) is 4.03. The zero-order valence-corrected chi connectivity index (χ0v) is 19.8. The van der Waals surface area contributed by atoms with E-state index in [-0.39, 0.29) is 11.9 Å². The highest BCUT2D eigenvalue weighted by Crippen LogP contribution is 2.27. The molecule has 1 aromatic carbocycles. The summed E-state index contributed by atoms with van der Waals surface area (Å²) in [7, 11) is 0. The van der Waals surface area contributed by atoms with Gasteiger partial charge in [-0.15, -0.1) is 0 Å². The largest absolute Gasteiger partial charge is 0.345 e. The summed E-state index contributed by atoms with van der Waals surface area (Å²) >= 11 is 0. The van der Waals surface area contributed by atoms with Gasteiger partial charge in [-0.2, -0.15) is 5.26 Å². The smallest absolute Gasteiger partial charge is 0.247 e. The summed E-state index contributed by atoms with van der Waals surface area (Å²) in [5.41, 5.74) is 2.40. The SMILES string of the molecule is CCn1c(CC[C@@H]2CCCN2C(=O)[C@@H](C)N(C=O)OC(C)(C)C)cc2ccc(C#N)cc21. The van der Waals surface area contributed by atoms with Crippen LogP contribution in [-0.2, 0) is 27.4 Å². The first-order valence-corrected chi connectivity index (χ1v) is 11.4. The third-order valence-electron chi connectivity index (χ3n) is 6.05. The first kappa shape index (κ1) is 23.8. The molecule has 7 nitrogen and oxygen atoms in total. The van der Waals surface area contributed by atoms with Crippen LogP contribution in [0.1, 0.15) is 65.1 Å². The van der Waals surface area contributed by atoms with Crippen LogP contribution >= 0.6 is 0 Å². The Morgan fingerprint density at radius 2 is 2.12 bits per heavy atom. The number of likely N-dealkylation sites (tertiary alicyclic amines) is 1. The van der Waals surface area contributed by atoms with Crippen LogP contribution in [0, 0.1) is 11.3 Å². The minimum atomic E-state index is -0.668. The van der Waals surface area contributed by atoms with Crippen LogP contribution in [0.5, 0.6) is 0 Å².